The van der Waals surface area contributed by atoms with Crippen molar-refractivity contribution in [3.05, 3.63) is 11.1 Å². The maximum Gasteiger partial charge on any atom is 0.0806 e. The maximum absolute atomic E-state index is 10.5. The van der Waals surface area contributed by atoms with Gasteiger partial charge in [0.15, 0.2) is 0 Å². The van der Waals surface area contributed by atoms with E-state index in [4.69, 9.17) is 0 Å². The number of aliphatic hydroxyl groups is 1. The molecule has 16 heavy (non-hydrogen) atoms. The first kappa shape index (κ1) is 12.2. The predicted molar refractivity (Wildman–Crippen MR) is 68.2 cm³/mol. The quantitative estimate of drug-likeness (QED) is 0.669. The van der Waals surface area contributed by atoms with Crippen molar-refractivity contribution in [3.8, 4) is 0 Å². The largest absolute Gasteiger partial charge is 0.388 e. The van der Waals surface area contributed by atoms with Crippen LogP contribution in [0.5, 0.6) is 0 Å². The molecule has 0 fully saturated rings. The lowest BCUT2D eigenvalue weighted by Crippen LogP contribution is -2.40. The lowest BCUT2D eigenvalue weighted by Gasteiger charge is -2.43. The van der Waals surface area contributed by atoms with E-state index in [1.54, 1.807) is 5.57 Å². The molecule has 0 saturated heterocycles. The van der Waals surface area contributed by atoms with Crippen LogP contribution in [0.15, 0.2) is 11.1 Å². The Hall–Kier alpha value is -0.300. The Balaban J connectivity index is 2.42. The van der Waals surface area contributed by atoms with Crippen molar-refractivity contribution in [1.82, 2.24) is 0 Å². The molecule has 0 bridgehead atoms. The van der Waals surface area contributed by atoms with Crippen molar-refractivity contribution in [2.75, 3.05) is 0 Å². The minimum Gasteiger partial charge on any atom is -0.388 e. The number of hydrogen-bond donors (Lipinski definition) is 1. The third kappa shape index (κ3) is 1.73. The Kier molecular flexibility index (Phi) is 2.94. The molecule has 2 rings (SSSR count). The zero-order valence-electron chi connectivity index (χ0n) is 11.4. The van der Waals surface area contributed by atoms with Gasteiger partial charge in [0.1, 0.15) is 0 Å². The first-order valence-electron chi connectivity index (χ1n) is 6.75. The highest BCUT2D eigenvalue weighted by atomic mass is 16.3. The van der Waals surface area contributed by atoms with Gasteiger partial charge in [0.05, 0.1) is 6.10 Å². The number of hydrogen-bond acceptors (Lipinski definition) is 1. The van der Waals surface area contributed by atoms with Crippen molar-refractivity contribution < 1.29 is 5.11 Å². The highest BCUT2D eigenvalue weighted by Crippen LogP contribution is 2.52. The summed E-state index contributed by atoms with van der Waals surface area (Å²) in [6.45, 7) is 11.4. The molecule has 0 saturated carbocycles. The van der Waals surface area contributed by atoms with Crippen LogP contribution in [0.1, 0.15) is 53.9 Å². The second-order valence-corrected chi connectivity index (χ2v) is 6.87. The molecule has 1 heteroatoms. The Labute approximate surface area is 99.9 Å². The molecule has 0 amide bonds. The van der Waals surface area contributed by atoms with E-state index in [-0.39, 0.29) is 11.5 Å². The van der Waals surface area contributed by atoms with Gasteiger partial charge in [0, 0.05) is 0 Å². The fraction of sp³-hybridized carbons (Fsp3) is 0.867. The van der Waals surface area contributed by atoms with Crippen LogP contribution in [0, 0.1) is 23.2 Å². The van der Waals surface area contributed by atoms with Crippen LogP contribution in [0.3, 0.4) is 0 Å². The Morgan fingerprint density at radius 3 is 2.50 bits per heavy atom. The molecule has 0 heterocycles. The number of allylic oxidation sites excluding steroid dienone is 1. The van der Waals surface area contributed by atoms with Crippen molar-refractivity contribution in [2.24, 2.45) is 23.2 Å². The number of aliphatic hydroxyl groups excluding tert-OH is 1. The SMILES string of the molecule is CC(C)[C@@H]1CC(C)(C)[C@H](O)C2=C1CC[C@H]2C. The predicted octanol–water partition coefficient (Wildman–Crippen LogP) is 3.78. The van der Waals surface area contributed by atoms with Crippen molar-refractivity contribution in [1.29, 1.82) is 0 Å². The molecule has 1 nitrogen and oxygen atoms in total. The van der Waals surface area contributed by atoms with Gasteiger partial charge in [0.2, 0.25) is 0 Å². The summed E-state index contributed by atoms with van der Waals surface area (Å²) in [6.07, 6.45) is 3.43. The molecule has 0 aromatic rings. The Morgan fingerprint density at radius 1 is 1.31 bits per heavy atom. The standard InChI is InChI=1S/C15H26O/c1-9(2)12-8-15(4,5)14(16)13-10(3)6-7-11(12)13/h9-10,12,14,16H,6-8H2,1-5H3/t10-,12+,14-/m1/s1. The number of rotatable bonds is 1. The van der Waals surface area contributed by atoms with Crippen LogP contribution in [-0.2, 0) is 0 Å². The molecule has 1 N–H and O–H groups in total. The van der Waals surface area contributed by atoms with E-state index in [1.165, 1.54) is 18.4 Å². The second kappa shape index (κ2) is 3.87. The molecule has 0 radical (unpaired) electrons. The summed E-state index contributed by atoms with van der Waals surface area (Å²) < 4.78 is 0. The first-order valence-corrected chi connectivity index (χ1v) is 6.75. The Bertz CT molecular complexity index is 311. The lowest BCUT2D eigenvalue weighted by molar-refractivity contribution is 0.0392. The van der Waals surface area contributed by atoms with Gasteiger partial charge in [-0.2, -0.15) is 0 Å². The summed E-state index contributed by atoms with van der Waals surface area (Å²) in [5.41, 5.74) is 3.07. The fourth-order valence-electron chi connectivity index (χ4n) is 3.69. The normalized spacial score (nSPS) is 38.1. The highest BCUT2D eigenvalue weighted by Gasteiger charge is 2.45. The molecule has 0 aromatic carbocycles. The van der Waals surface area contributed by atoms with Crippen LogP contribution in [0.4, 0.5) is 0 Å². The highest BCUT2D eigenvalue weighted by molar-refractivity contribution is 5.33. The summed E-state index contributed by atoms with van der Waals surface area (Å²) in [6, 6.07) is 0. The van der Waals surface area contributed by atoms with E-state index in [0.29, 0.717) is 17.8 Å². The summed E-state index contributed by atoms with van der Waals surface area (Å²) in [7, 11) is 0. The first-order chi connectivity index (χ1) is 7.34. The molecule has 92 valence electrons. The third-order valence-electron chi connectivity index (χ3n) is 4.78. The van der Waals surface area contributed by atoms with Gasteiger partial charge in [-0.3, -0.25) is 0 Å². The fourth-order valence-corrected chi connectivity index (χ4v) is 3.69. The van der Waals surface area contributed by atoms with Crippen LogP contribution in [0.2, 0.25) is 0 Å². The van der Waals surface area contributed by atoms with Gasteiger partial charge in [0.25, 0.3) is 0 Å². The van der Waals surface area contributed by atoms with Crippen LogP contribution in [0.25, 0.3) is 0 Å². The minimum atomic E-state index is -0.199. The van der Waals surface area contributed by atoms with E-state index in [2.05, 4.69) is 34.6 Å². The molecular formula is C15H26O. The van der Waals surface area contributed by atoms with Gasteiger partial charge in [-0.05, 0) is 48.0 Å². The summed E-state index contributed by atoms with van der Waals surface area (Å²) in [5, 5.41) is 10.5. The maximum atomic E-state index is 10.5. The van der Waals surface area contributed by atoms with Gasteiger partial charge in [-0.25, -0.2) is 0 Å². The third-order valence-corrected chi connectivity index (χ3v) is 4.78. The molecule has 2 aliphatic carbocycles. The van der Waals surface area contributed by atoms with Crippen LogP contribution in [-0.4, -0.2) is 11.2 Å². The van der Waals surface area contributed by atoms with E-state index in [9.17, 15) is 5.11 Å². The zero-order chi connectivity index (χ0) is 12.1. The van der Waals surface area contributed by atoms with E-state index < -0.39 is 0 Å². The van der Waals surface area contributed by atoms with E-state index in [0.717, 1.165) is 6.42 Å². The van der Waals surface area contributed by atoms with Crippen LogP contribution < -0.4 is 0 Å². The molecule has 0 unspecified atom stereocenters. The van der Waals surface area contributed by atoms with Gasteiger partial charge < -0.3 is 5.11 Å². The van der Waals surface area contributed by atoms with Crippen molar-refractivity contribution in [3.63, 3.8) is 0 Å². The second-order valence-electron chi connectivity index (χ2n) is 6.87. The average molecular weight is 222 g/mol. The zero-order valence-corrected chi connectivity index (χ0v) is 11.4. The van der Waals surface area contributed by atoms with Gasteiger partial charge in [-0.1, -0.05) is 40.2 Å². The lowest BCUT2D eigenvalue weighted by atomic mass is 9.64. The molecule has 0 aliphatic heterocycles. The summed E-state index contributed by atoms with van der Waals surface area (Å²) in [5.74, 6) is 2.02. The molecule has 3 atom stereocenters. The van der Waals surface area contributed by atoms with Crippen molar-refractivity contribution >= 4 is 0 Å². The summed E-state index contributed by atoms with van der Waals surface area (Å²) in [4.78, 5) is 0. The Morgan fingerprint density at radius 2 is 1.94 bits per heavy atom. The molecule has 0 spiro atoms. The average Bonchev–Trinajstić information content (AvgIpc) is 2.54. The summed E-state index contributed by atoms with van der Waals surface area (Å²) >= 11 is 0. The van der Waals surface area contributed by atoms with Crippen molar-refractivity contribution in [2.45, 2.75) is 60.0 Å². The van der Waals surface area contributed by atoms with Crippen LogP contribution >= 0.6 is 0 Å². The van der Waals surface area contributed by atoms with Gasteiger partial charge in [-0.15, -0.1) is 0 Å². The van der Waals surface area contributed by atoms with E-state index >= 15 is 0 Å². The molecule has 2 aliphatic rings. The molecular weight excluding hydrogens is 196 g/mol. The van der Waals surface area contributed by atoms with E-state index in [1.807, 2.05) is 0 Å². The monoisotopic (exact) mass is 222 g/mol. The minimum absolute atomic E-state index is 0.0619. The van der Waals surface area contributed by atoms with Gasteiger partial charge >= 0.3 is 0 Å². The smallest absolute Gasteiger partial charge is 0.0806 e. The molecule has 0 aromatic heterocycles. The topological polar surface area (TPSA) is 20.2 Å².